The zero-order valence-electron chi connectivity index (χ0n) is 14.0. The standard InChI is InChI=1S/C22H18N2O/c1-25-18-10-8-16(9-11-18)14-23-15-21-19-6-3-2-5-17(19)13-22-20(21)7-4-12-24-22/h2-12,14-15H,13H2,1H3/b21-15-,23-14?. The van der Waals surface area contributed by atoms with Gasteiger partial charge < -0.3 is 4.74 Å². The van der Waals surface area contributed by atoms with Crippen LogP contribution >= 0.6 is 0 Å². The van der Waals surface area contributed by atoms with E-state index in [4.69, 9.17) is 4.74 Å². The molecule has 1 aliphatic rings. The molecule has 0 unspecified atom stereocenters. The number of aliphatic imine (C=N–C) groups is 1. The molecular formula is C22H18N2O. The smallest absolute Gasteiger partial charge is 0.118 e. The summed E-state index contributed by atoms with van der Waals surface area (Å²) in [5.41, 5.74) is 6.94. The first-order valence-electron chi connectivity index (χ1n) is 8.25. The van der Waals surface area contributed by atoms with Crippen molar-refractivity contribution in [3.05, 3.63) is 101 Å². The van der Waals surface area contributed by atoms with Crippen LogP contribution < -0.4 is 4.74 Å². The molecule has 0 aliphatic heterocycles. The molecule has 0 fully saturated rings. The summed E-state index contributed by atoms with van der Waals surface area (Å²) in [5, 5.41) is 0. The van der Waals surface area contributed by atoms with E-state index in [1.807, 2.05) is 48.9 Å². The number of fused-ring (bicyclic) bond motifs is 2. The first-order chi connectivity index (χ1) is 12.3. The van der Waals surface area contributed by atoms with Crippen LogP contribution in [0.4, 0.5) is 0 Å². The molecule has 0 radical (unpaired) electrons. The van der Waals surface area contributed by atoms with Crippen molar-refractivity contribution >= 4 is 11.8 Å². The van der Waals surface area contributed by atoms with Gasteiger partial charge in [-0.2, -0.15) is 0 Å². The maximum absolute atomic E-state index is 5.18. The average molecular weight is 326 g/mol. The topological polar surface area (TPSA) is 34.5 Å². The van der Waals surface area contributed by atoms with Crippen LogP contribution in [0.3, 0.4) is 0 Å². The van der Waals surface area contributed by atoms with Crippen molar-refractivity contribution in [2.45, 2.75) is 6.42 Å². The van der Waals surface area contributed by atoms with Gasteiger partial charge >= 0.3 is 0 Å². The molecule has 0 spiro atoms. The molecule has 0 saturated heterocycles. The molecule has 2 aromatic carbocycles. The minimum atomic E-state index is 0.844. The average Bonchev–Trinajstić information content (AvgIpc) is 2.68. The molecule has 3 nitrogen and oxygen atoms in total. The van der Waals surface area contributed by atoms with Crippen molar-refractivity contribution in [2.24, 2.45) is 4.99 Å². The van der Waals surface area contributed by atoms with Crippen molar-refractivity contribution in [3.8, 4) is 5.75 Å². The van der Waals surface area contributed by atoms with Gasteiger partial charge in [-0.3, -0.25) is 9.98 Å². The summed E-state index contributed by atoms with van der Waals surface area (Å²) in [4.78, 5) is 9.11. The Hall–Kier alpha value is -3.20. The number of aromatic nitrogens is 1. The van der Waals surface area contributed by atoms with E-state index in [9.17, 15) is 0 Å². The van der Waals surface area contributed by atoms with E-state index in [-0.39, 0.29) is 0 Å². The van der Waals surface area contributed by atoms with Crippen LogP contribution in [0.2, 0.25) is 0 Å². The highest BCUT2D eigenvalue weighted by molar-refractivity contribution is 5.87. The van der Waals surface area contributed by atoms with Crippen molar-refractivity contribution < 1.29 is 4.74 Å². The Morgan fingerprint density at radius 3 is 2.60 bits per heavy atom. The highest BCUT2D eigenvalue weighted by Gasteiger charge is 2.19. The number of ether oxygens (including phenoxy) is 1. The van der Waals surface area contributed by atoms with E-state index in [0.29, 0.717) is 0 Å². The largest absolute Gasteiger partial charge is 0.497 e. The van der Waals surface area contributed by atoms with E-state index in [2.05, 4.69) is 40.3 Å². The fourth-order valence-corrected chi connectivity index (χ4v) is 3.11. The lowest BCUT2D eigenvalue weighted by Gasteiger charge is -2.20. The first-order valence-corrected chi connectivity index (χ1v) is 8.25. The number of methoxy groups -OCH3 is 1. The maximum Gasteiger partial charge on any atom is 0.118 e. The fourth-order valence-electron chi connectivity index (χ4n) is 3.11. The quantitative estimate of drug-likeness (QED) is 0.519. The van der Waals surface area contributed by atoms with Crippen LogP contribution in [0.15, 0.2) is 78.1 Å². The molecule has 0 amide bonds. The van der Waals surface area contributed by atoms with Gasteiger partial charge in [-0.25, -0.2) is 0 Å². The van der Waals surface area contributed by atoms with Gasteiger partial charge in [0.15, 0.2) is 0 Å². The number of hydrogen-bond donors (Lipinski definition) is 0. The lowest BCUT2D eigenvalue weighted by molar-refractivity contribution is 0.415. The molecule has 1 heterocycles. The lowest BCUT2D eigenvalue weighted by atomic mass is 9.85. The molecule has 0 bridgehead atoms. The summed E-state index contributed by atoms with van der Waals surface area (Å²) < 4.78 is 5.18. The third-order valence-corrected chi connectivity index (χ3v) is 4.39. The molecule has 3 heteroatoms. The Morgan fingerprint density at radius 1 is 0.960 bits per heavy atom. The van der Waals surface area contributed by atoms with Crippen molar-refractivity contribution in [3.63, 3.8) is 0 Å². The Labute approximate surface area is 147 Å². The van der Waals surface area contributed by atoms with E-state index in [1.165, 1.54) is 11.1 Å². The van der Waals surface area contributed by atoms with Crippen LogP contribution in [-0.4, -0.2) is 18.3 Å². The van der Waals surface area contributed by atoms with Crippen molar-refractivity contribution in [1.29, 1.82) is 0 Å². The summed E-state index contributed by atoms with van der Waals surface area (Å²) in [6.45, 7) is 0. The molecule has 1 aliphatic carbocycles. The summed E-state index contributed by atoms with van der Waals surface area (Å²) in [7, 11) is 1.67. The van der Waals surface area contributed by atoms with Gasteiger partial charge in [-0.1, -0.05) is 30.3 Å². The Morgan fingerprint density at radius 2 is 1.76 bits per heavy atom. The van der Waals surface area contributed by atoms with E-state index in [0.717, 1.165) is 34.6 Å². The van der Waals surface area contributed by atoms with Crippen LogP contribution in [0.5, 0.6) is 5.75 Å². The van der Waals surface area contributed by atoms with Gasteiger partial charge in [0.2, 0.25) is 0 Å². The summed E-state index contributed by atoms with van der Waals surface area (Å²) in [5.74, 6) is 0.844. The Kier molecular flexibility index (Phi) is 4.13. The molecular weight excluding hydrogens is 308 g/mol. The second-order valence-corrected chi connectivity index (χ2v) is 5.93. The predicted molar refractivity (Wildman–Crippen MR) is 101 cm³/mol. The number of rotatable bonds is 3. The van der Waals surface area contributed by atoms with Crippen molar-refractivity contribution in [2.75, 3.05) is 7.11 Å². The molecule has 25 heavy (non-hydrogen) atoms. The van der Waals surface area contributed by atoms with Crippen molar-refractivity contribution in [1.82, 2.24) is 4.98 Å². The minimum absolute atomic E-state index is 0.844. The van der Waals surface area contributed by atoms with E-state index in [1.54, 1.807) is 7.11 Å². The number of pyridine rings is 1. The van der Waals surface area contributed by atoms with Gasteiger partial charge in [-0.05, 0) is 47.0 Å². The van der Waals surface area contributed by atoms with Gasteiger partial charge in [0, 0.05) is 36.2 Å². The third kappa shape index (κ3) is 3.09. The Bertz CT molecular complexity index is 908. The molecule has 0 N–H and O–H groups in total. The molecule has 4 rings (SSSR count). The molecule has 1 aromatic heterocycles. The molecule has 0 saturated carbocycles. The van der Waals surface area contributed by atoms with Gasteiger partial charge in [0.1, 0.15) is 5.75 Å². The normalized spacial score (nSPS) is 14.4. The Balaban J connectivity index is 1.71. The van der Waals surface area contributed by atoms with Gasteiger partial charge in [0.05, 0.1) is 12.8 Å². The monoisotopic (exact) mass is 326 g/mol. The van der Waals surface area contributed by atoms with E-state index >= 15 is 0 Å². The number of benzene rings is 2. The van der Waals surface area contributed by atoms with Gasteiger partial charge in [-0.15, -0.1) is 0 Å². The number of hydrogen-bond acceptors (Lipinski definition) is 3. The fraction of sp³-hybridized carbons (Fsp3) is 0.0909. The highest BCUT2D eigenvalue weighted by atomic mass is 16.5. The third-order valence-electron chi connectivity index (χ3n) is 4.39. The second kappa shape index (κ2) is 6.73. The lowest BCUT2D eigenvalue weighted by Crippen LogP contribution is -2.08. The summed E-state index contributed by atoms with van der Waals surface area (Å²) in [6.07, 6.45) is 6.51. The van der Waals surface area contributed by atoms with Crippen LogP contribution in [-0.2, 0) is 6.42 Å². The first kappa shape index (κ1) is 15.3. The predicted octanol–water partition coefficient (Wildman–Crippen LogP) is 4.50. The summed E-state index contributed by atoms with van der Waals surface area (Å²) >= 11 is 0. The summed E-state index contributed by atoms with van der Waals surface area (Å²) in [6, 6.07) is 20.4. The van der Waals surface area contributed by atoms with Crippen LogP contribution in [0, 0.1) is 0 Å². The van der Waals surface area contributed by atoms with Crippen LogP contribution in [0.1, 0.15) is 27.9 Å². The molecule has 122 valence electrons. The second-order valence-electron chi connectivity index (χ2n) is 5.93. The van der Waals surface area contributed by atoms with Crippen LogP contribution in [0.25, 0.3) is 5.57 Å². The number of nitrogens with zero attached hydrogens (tertiary/aromatic N) is 2. The SMILES string of the molecule is COc1ccc(C=N/C=C2/c3ccccc3Cc3ncccc32)cc1. The molecule has 3 aromatic rings. The minimum Gasteiger partial charge on any atom is -0.497 e. The zero-order valence-corrected chi connectivity index (χ0v) is 14.0. The van der Waals surface area contributed by atoms with E-state index < -0.39 is 0 Å². The zero-order chi connectivity index (χ0) is 17.1. The van der Waals surface area contributed by atoms with Gasteiger partial charge in [0.25, 0.3) is 0 Å². The highest BCUT2D eigenvalue weighted by Crippen LogP contribution is 2.34. The molecule has 0 atom stereocenters. The maximum atomic E-state index is 5.18.